The van der Waals surface area contributed by atoms with Gasteiger partial charge in [-0.3, -0.25) is 9.78 Å². The molecule has 1 heterocycles. The number of pyridine rings is 1. The molecule has 0 aliphatic carbocycles. The first-order valence-corrected chi connectivity index (χ1v) is 8.74. The molecule has 0 saturated heterocycles. The molecule has 0 atom stereocenters. The van der Waals surface area contributed by atoms with E-state index in [-0.39, 0.29) is 11.5 Å². The number of amides is 1. The van der Waals surface area contributed by atoms with Crippen LogP contribution in [0.2, 0.25) is 5.02 Å². The number of hydrogen-bond acceptors (Lipinski definition) is 3. The Labute approximate surface area is 161 Å². The summed E-state index contributed by atoms with van der Waals surface area (Å²) < 4.78 is 0. The summed E-state index contributed by atoms with van der Waals surface area (Å²) in [5, 5.41) is 12.1. The van der Waals surface area contributed by atoms with Crippen LogP contribution < -0.4 is 5.32 Å². The number of aromatic nitrogens is 1. The number of benzene rings is 2. The molecule has 136 valence electrons. The van der Waals surface area contributed by atoms with E-state index in [9.17, 15) is 9.59 Å². The monoisotopic (exact) mass is 380 g/mol. The highest BCUT2D eigenvalue weighted by Crippen LogP contribution is 2.29. The maximum Gasteiger partial charge on any atom is 0.337 e. The van der Waals surface area contributed by atoms with Crippen LogP contribution in [0.25, 0.3) is 11.1 Å². The van der Waals surface area contributed by atoms with Crippen LogP contribution in [-0.2, 0) is 6.42 Å². The van der Waals surface area contributed by atoms with E-state index in [4.69, 9.17) is 16.7 Å². The molecule has 1 aromatic heterocycles. The van der Waals surface area contributed by atoms with Crippen molar-refractivity contribution >= 4 is 23.5 Å². The van der Waals surface area contributed by atoms with Gasteiger partial charge in [-0.1, -0.05) is 54.1 Å². The Morgan fingerprint density at radius 2 is 1.78 bits per heavy atom. The fraction of sp³-hybridized carbons (Fsp3) is 0.0952. The predicted molar refractivity (Wildman–Crippen MR) is 104 cm³/mol. The standard InChI is InChI=1S/C21H17ClN2O3/c22-18-8-4-7-17(14-5-2-1-3-6-14)19(18)20(25)23-12-11-16-10-9-15(13-24-16)21(26)27/h1-10,13H,11-12H2,(H,23,25)(H,26,27). The number of carbonyl (C=O) groups excluding carboxylic acids is 1. The number of aromatic carboxylic acids is 1. The molecule has 3 aromatic rings. The molecule has 2 aromatic carbocycles. The SMILES string of the molecule is O=C(O)c1ccc(CCNC(=O)c2c(Cl)cccc2-c2ccccc2)nc1. The van der Waals surface area contributed by atoms with E-state index in [1.54, 1.807) is 12.1 Å². The highest BCUT2D eigenvalue weighted by atomic mass is 35.5. The van der Waals surface area contributed by atoms with Gasteiger partial charge in [0.15, 0.2) is 0 Å². The van der Waals surface area contributed by atoms with E-state index in [0.717, 1.165) is 11.1 Å². The summed E-state index contributed by atoms with van der Waals surface area (Å²) >= 11 is 6.29. The van der Waals surface area contributed by atoms with Crippen molar-refractivity contribution in [3.63, 3.8) is 0 Å². The van der Waals surface area contributed by atoms with Crippen molar-refractivity contribution in [2.24, 2.45) is 0 Å². The third-order valence-electron chi connectivity index (χ3n) is 4.06. The van der Waals surface area contributed by atoms with Gasteiger partial charge >= 0.3 is 5.97 Å². The van der Waals surface area contributed by atoms with Gasteiger partial charge in [0.25, 0.3) is 5.91 Å². The largest absolute Gasteiger partial charge is 0.478 e. The Hall–Kier alpha value is -3.18. The van der Waals surface area contributed by atoms with Crippen LogP contribution in [0.15, 0.2) is 66.9 Å². The molecule has 0 aliphatic rings. The van der Waals surface area contributed by atoms with Gasteiger partial charge in [-0.05, 0) is 29.3 Å². The van der Waals surface area contributed by atoms with Crippen molar-refractivity contribution in [1.82, 2.24) is 10.3 Å². The first kappa shape index (κ1) is 18.6. The average Bonchev–Trinajstić information content (AvgIpc) is 2.68. The van der Waals surface area contributed by atoms with Crippen molar-refractivity contribution in [3.05, 3.63) is 88.7 Å². The summed E-state index contributed by atoms with van der Waals surface area (Å²) in [6, 6.07) is 18.1. The number of nitrogens with zero attached hydrogens (tertiary/aromatic N) is 1. The lowest BCUT2D eigenvalue weighted by Crippen LogP contribution is -2.26. The van der Waals surface area contributed by atoms with E-state index in [1.807, 2.05) is 42.5 Å². The maximum atomic E-state index is 12.7. The van der Waals surface area contributed by atoms with E-state index in [2.05, 4.69) is 10.3 Å². The maximum absolute atomic E-state index is 12.7. The van der Waals surface area contributed by atoms with Crippen molar-refractivity contribution < 1.29 is 14.7 Å². The fourth-order valence-corrected chi connectivity index (χ4v) is 2.96. The summed E-state index contributed by atoms with van der Waals surface area (Å²) in [6.07, 6.45) is 1.79. The smallest absolute Gasteiger partial charge is 0.337 e. The molecule has 6 heteroatoms. The van der Waals surface area contributed by atoms with Crippen LogP contribution in [0.3, 0.4) is 0 Å². The average molecular weight is 381 g/mol. The van der Waals surface area contributed by atoms with Crippen molar-refractivity contribution in [2.45, 2.75) is 6.42 Å². The number of carboxylic acid groups (broad SMARTS) is 1. The van der Waals surface area contributed by atoms with Gasteiger partial charge in [-0.15, -0.1) is 0 Å². The van der Waals surface area contributed by atoms with Crippen molar-refractivity contribution in [1.29, 1.82) is 0 Å². The van der Waals surface area contributed by atoms with Crippen LogP contribution >= 0.6 is 11.6 Å². The van der Waals surface area contributed by atoms with Crippen LogP contribution in [-0.4, -0.2) is 28.5 Å². The zero-order chi connectivity index (χ0) is 19.2. The Bertz CT molecular complexity index is 957. The molecule has 27 heavy (non-hydrogen) atoms. The van der Waals surface area contributed by atoms with Gasteiger partial charge < -0.3 is 10.4 Å². The van der Waals surface area contributed by atoms with E-state index in [1.165, 1.54) is 12.3 Å². The quantitative estimate of drug-likeness (QED) is 0.675. The van der Waals surface area contributed by atoms with Crippen molar-refractivity contribution in [2.75, 3.05) is 6.54 Å². The zero-order valence-electron chi connectivity index (χ0n) is 14.4. The molecule has 0 bridgehead atoms. The molecule has 0 unspecified atom stereocenters. The third-order valence-corrected chi connectivity index (χ3v) is 4.38. The molecule has 0 spiro atoms. The second-order valence-electron chi connectivity index (χ2n) is 5.88. The lowest BCUT2D eigenvalue weighted by atomic mass is 9.99. The van der Waals surface area contributed by atoms with Crippen LogP contribution in [0.1, 0.15) is 26.4 Å². The van der Waals surface area contributed by atoms with E-state index >= 15 is 0 Å². The number of halogens is 1. The first-order valence-electron chi connectivity index (χ1n) is 8.36. The Morgan fingerprint density at radius 3 is 2.44 bits per heavy atom. The van der Waals surface area contributed by atoms with Crippen molar-refractivity contribution in [3.8, 4) is 11.1 Å². The molecule has 5 nitrogen and oxygen atoms in total. The lowest BCUT2D eigenvalue weighted by molar-refractivity contribution is 0.0696. The normalized spacial score (nSPS) is 10.4. The summed E-state index contributed by atoms with van der Waals surface area (Å²) in [7, 11) is 0. The Kier molecular flexibility index (Phi) is 5.84. The zero-order valence-corrected chi connectivity index (χ0v) is 15.1. The molecule has 0 saturated carbocycles. The first-order chi connectivity index (χ1) is 13.1. The topological polar surface area (TPSA) is 79.3 Å². The molecule has 2 N–H and O–H groups in total. The minimum atomic E-state index is -1.02. The summed E-state index contributed by atoms with van der Waals surface area (Å²) in [5.41, 5.74) is 2.94. The Balaban J connectivity index is 1.70. The van der Waals surface area contributed by atoms with Gasteiger partial charge in [0.05, 0.1) is 16.1 Å². The van der Waals surface area contributed by atoms with Gasteiger partial charge in [0.1, 0.15) is 0 Å². The molecule has 3 rings (SSSR count). The fourth-order valence-electron chi connectivity index (χ4n) is 2.70. The highest BCUT2D eigenvalue weighted by Gasteiger charge is 2.16. The minimum absolute atomic E-state index is 0.131. The molecule has 0 aliphatic heterocycles. The van der Waals surface area contributed by atoms with Gasteiger partial charge in [0, 0.05) is 24.9 Å². The summed E-state index contributed by atoms with van der Waals surface area (Å²) in [4.78, 5) is 27.6. The molecule has 1 amide bonds. The third kappa shape index (κ3) is 4.51. The lowest BCUT2D eigenvalue weighted by Gasteiger charge is -2.12. The number of nitrogens with one attached hydrogen (secondary N) is 1. The predicted octanol–water partition coefficient (Wildman–Crippen LogP) is 4.07. The van der Waals surface area contributed by atoms with E-state index < -0.39 is 5.97 Å². The van der Waals surface area contributed by atoms with Gasteiger partial charge in [-0.2, -0.15) is 0 Å². The number of carbonyl (C=O) groups is 2. The summed E-state index contributed by atoms with van der Waals surface area (Å²) in [6.45, 7) is 0.359. The summed E-state index contributed by atoms with van der Waals surface area (Å²) in [5.74, 6) is -1.28. The highest BCUT2D eigenvalue weighted by molar-refractivity contribution is 6.34. The second-order valence-corrected chi connectivity index (χ2v) is 6.28. The Morgan fingerprint density at radius 1 is 1.00 bits per heavy atom. The molecular weight excluding hydrogens is 364 g/mol. The van der Waals surface area contributed by atoms with Crippen LogP contribution in [0, 0.1) is 0 Å². The number of hydrogen-bond donors (Lipinski definition) is 2. The minimum Gasteiger partial charge on any atom is -0.478 e. The van der Waals surface area contributed by atoms with E-state index in [0.29, 0.717) is 29.2 Å². The van der Waals surface area contributed by atoms with Gasteiger partial charge in [-0.25, -0.2) is 4.79 Å². The number of rotatable bonds is 6. The van der Waals surface area contributed by atoms with Crippen LogP contribution in [0.5, 0.6) is 0 Å². The molecular formula is C21H17ClN2O3. The number of carboxylic acids is 1. The van der Waals surface area contributed by atoms with Gasteiger partial charge in [0.2, 0.25) is 0 Å². The second kappa shape index (κ2) is 8.47. The molecule has 0 radical (unpaired) electrons. The molecule has 0 fully saturated rings. The van der Waals surface area contributed by atoms with Crippen LogP contribution in [0.4, 0.5) is 0 Å².